The first-order valence-corrected chi connectivity index (χ1v) is 9.56. The van der Waals surface area contributed by atoms with Gasteiger partial charge in [-0.25, -0.2) is 0 Å². The highest BCUT2D eigenvalue weighted by Crippen LogP contribution is 2.33. The molecule has 0 aromatic heterocycles. The van der Waals surface area contributed by atoms with Crippen molar-refractivity contribution in [2.75, 3.05) is 25.5 Å². The zero-order chi connectivity index (χ0) is 22.8. The molecule has 1 aliphatic heterocycles. The number of benzene rings is 2. The normalized spacial score (nSPS) is 18.5. The lowest BCUT2D eigenvalue weighted by Crippen LogP contribution is -2.41. The van der Waals surface area contributed by atoms with E-state index in [1.54, 1.807) is 31.2 Å². The summed E-state index contributed by atoms with van der Waals surface area (Å²) in [6, 6.07) is 10.9. The molecule has 0 spiro atoms. The summed E-state index contributed by atoms with van der Waals surface area (Å²) in [5.41, 5.74) is -0.621. The molecule has 2 aromatic carbocycles. The maximum Gasteiger partial charge on any atom is 0.416 e. The summed E-state index contributed by atoms with van der Waals surface area (Å²) in [6.07, 6.45) is -4.46. The minimum absolute atomic E-state index is 0.0953. The van der Waals surface area contributed by atoms with Crippen molar-refractivity contribution in [2.45, 2.75) is 13.1 Å². The topological polar surface area (TPSA) is 71.0 Å². The van der Waals surface area contributed by atoms with Crippen molar-refractivity contribution in [3.63, 3.8) is 0 Å². The van der Waals surface area contributed by atoms with Crippen LogP contribution in [-0.2, 0) is 20.5 Å². The van der Waals surface area contributed by atoms with Crippen LogP contribution in [0, 0.1) is 5.41 Å². The summed E-state index contributed by atoms with van der Waals surface area (Å²) in [7, 11) is 1.27. The van der Waals surface area contributed by atoms with Gasteiger partial charge in [-0.2, -0.15) is 18.3 Å². The molecule has 0 fully saturated rings. The summed E-state index contributed by atoms with van der Waals surface area (Å²) in [5.74, 6) is -1.00. The fraction of sp³-hybridized carbons (Fsp3) is 0.286. The molecule has 1 aliphatic rings. The van der Waals surface area contributed by atoms with Gasteiger partial charge in [-0.3, -0.25) is 14.6 Å². The van der Waals surface area contributed by atoms with Crippen LogP contribution in [0.2, 0.25) is 5.02 Å². The second-order valence-electron chi connectivity index (χ2n) is 7.23. The van der Waals surface area contributed by atoms with E-state index in [-0.39, 0.29) is 18.8 Å². The zero-order valence-electron chi connectivity index (χ0n) is 16.7. The molecule has 1 heterocycles. The number of ether oxygens (including phenoxy) is 1. The summed E-state index contributed by atoms with van der Waals surface area (Å²) < 4.78 is 42.9. The van der Waals surface area contributed by atoms with E-state index >= 15 is 0 Å². The Labute approximate surface area is 181 Å². The molecule has 6 nitrogen and oxygen atoms in total. The second kappa shape index (κ2) is 8.58. The Balaban J connectivity index is 1.75. The predicted molar refractivity (Wildman–Crippen MR) is 110 cm³/mol. The van der Waals surface area contributed by atoms with Gasteiger partial charge in [0.2, 0.25) is 5.91 Å². The Kier molecular flexibility index (Phi) is 6.26. The van der Waals surface area contributed by atoms with Crippen LogP contribution >= 0.6 is 11.6 Å². The number of nitrogens with zero attached hydrogens (tertiary/aromatic N) is 2. The maximum absolute atomic E-state index is 12.7. The average molecular weight is 454 g/mol. The van der Waals surface area contributed by atoms with E-state index in [0.29, 0.717) is 16.3 Å². The highest BCUT2D eigenvalue weighted by Gasteiger charge is 2.47. The minimum atomic E-state index is -4.46. The Hall–Kier alpha value is -3.07. The summed E-state index contributed by atoms with van der Waals surface area (Å²) in [6.45, 7) is 1.56. The molecule has 1 N–H and O–H groups in total. The van der Waals surface area contributed by atoms with Crippen LogP contribution in [0.25, 0.3) is 0 Å². The first-order chi connectivity index (χ1) is 14.5. The summed E-state index contributed by atoms with van der Waals surface area (Å²) in [4.78, 5) is 24.9. The van der Waals surface area contributed by atoms with Crippen molar-refractivity contribution >= 4 is 34.9 Å². The number of anilines is 1. The number of alkyl halides is 3. The number of methoxy groups -OCH3 is 1. The van der Waals surface area contributed by atoms with Gasteiger partial charge in [-0.15, -0.1) is 0 Å². The number of halogens is 4. The molecule has 1 amide bonds. The van der Waals surface area contributed by atoms with E-state index in [1.165, 1.54) is 24.3 Å². The van der Waals surface area contributed by atoms with Crippen molar-refractivity contribution in [2.24, 2.45) is 10.5 Å². The third-order valence-electron chi connectivity index (χ3n) is 4.84. The van der Waals surface area contributed by atoms with E-state index < -0.39 is 29.0 Å². The Morgan fingerprint density at radius 1 is 1.16 bits per heavy atom. The van der Waals surface area contributed by atoms with Gasteiger partial charge >= 0.3 is 12.1 Å². The van der Waals surface area contributed by atoms with Crippen LogP contribution in [0.4, 0.5) is 18.9 Å². The molecule has 3 rings (SSSR count). The molecule has 0 bridgehead atoms. The standard InChI is InChI=1S/C21H19ClF3N3O3/c1-20(19(30)31-2)12-28(27-18(20)13-3-7-15(22)8-4-13)11-17(29)26-16-9-5-14(6-10-16)21(23,24)25/h3-10H,11-12H2,1-2H3,(H,26,29). The Morgan fingerprint density at radius 2 is 1.77 bits per heavy atom. The number of nitrogens with one attached hydrogen (secondary N) is 1. The van der Waals surface area contributed by atoms with Gasteiger partial charge in [0.05, 0.1) is 24.9 Å². The number of amides is 1. The van der Waals surface area contributed by atoms with Crippen LogP contribution in [-0.4, -0.2) is 42.8 Å². The Morgan fingerprint density at radius 3 is 2.32 bits per heavy atom. The van der Waals surface area contributed by atoms with Gasteiger partial charge in [0.15, 0.2) is 0 Å². The first kappa shape index (κ1) is 22.6. The largest absolute Gasteiger partial charge is 0.468 e. The minimum Gasteiger partial charge on any atom is -0.468 e. The lowest BCUT2D eigenvalue weighted by atomic mass is 9.82. The molecule has 1 unspecified atom stereocenters. The summed E-state index contributed by atoms with van der Waals surface area (Å²) in [5, 5.41) is 8.90. The fourth-order valence-corrected chi connectivity index (χ4v) is 3.42. The van der Waals surface area contributed by atoms with Crippen molar-refractivity contribution in [3.05, 3.63) is 64.7 Å². The zero-order valence-corrected chi connectivity index (χ0v) is 17.4. The van der Waals surface area contributed by atoms with Crippen LogP contribution in [0.15, 0.2) is 53.6 Å². The quantitative estimate of drug-likeness (QED) is 0.689. The van der Waals surface area contributed by atoms with Gasteiger partial charge in [0.25, 0.3) is 0 Å². The van der Waals surface area contributed by atoms with E-state index in [0.717, 1.165) is 12.1 Å². The number of carbonyl (C=O) groups is 2. The average Bonchev–Trinajstić information content (AvgIpc) is 3.04. The van der Waals surface area contributed by atoms with Gasteiger partial charge in [0.1, 0.15) is 12.0 Å². The van der Waals surface area contributed by atoms with Gasteiger partial charge in [-0.05, 0) is 48.9 Å². The van der Waals surface area contributed by atoms with Crippen molar-refractivity contribution in [1.82, 2.24) is 5.01 Å². The molecule has 1 atom stereocenters. The fourth-order valence-electron chi connectivity index (χ4n) is 3.30. The molecule has 164 valence electrons. The van der Waals surface area contributed by atoms with Crippen molar-refractivity contribution in [3.8, 4) is 0 Å². The number of hydrogen-bond donors (Lipinski definition) is 1. The molecule has 2 aromatic rings. The predicted octanol–water partition coefficient (Wildman–Crippen LogP) is 4.20. The number of hydrogen-bond acceptors (Lipinski definition) is 5. The first-order valence-electron chi connectivity index (χ1n) is 9.18. The maximum atomic E-state index is 12.7. The van der Waals surface area contributed by atoms with Gasteiger partial charge in [-0.1, -0.05) is 23.7 Å². The monoisotopic (exact) mass is 453 g/mol. The number of esters is 1. The van der Waals surface area contributed by atoms with Crippen LogP contribution in [0.3, 0.4) is 0 Å². The van der Waals surface area contributed by atoms with E-state index in [9.17, 15) is 22.8 Å². The van der Waals surface area contributed by atoms with Gasteiger partial charge < -0.3 is 10.1 Å². The molecule has 0 saturated carbocycles. The lowest BCUT2D eigenvalue weighted by molar-refractivity contribution is -0.148. The molecule has 31 heavy (non-hydrogen) atoms. The van der Waals surface area contributed by atoms with Crippen molar-refractivity contribution in [1.29, 1.82) is 0 Å². The van der Waals surface area contributed by atoms with Crippen molar-refractivity contribution < 1.29 is 27.5 Å². The molecule has 0 aliphatic carbocycles. The highest BCUT2D eigenvalue weighted by atomic mass is 35.5. The summed E-state index contributed by atoms with van der Waals surface area (Å²) >= 11 is 5.93. The van der Waals surface area contributed by atoms with Crippen LogP contribution in [0.1, 0.15) is 18.1 Å². The van der Waals surface area contributed by atoms with E-state index in [4.69, 9.17) is 16.3 Å². The third-order valence-corrected chi connectivity index (χ3v) is 5.09. The SMILES string of the molecule is COC(=O)C1(C)CN(CC(=O)Nc2ccc(C(F)(F)F)cc2)N=C1c1ccc(Cl)cc1. The molecular formula is C21H19ClF3N3O3. The smallest absolute Gasteiger partial charge is 0.416 e. The second-order valence-corrected chi connectivity index (χ2v) is 7.66. The number of carbonyl (C=O) groups excluding carboxylic acids is 2. The van der Waals surface area contributed by atoms with Crippen LogP contribution in [0.5, 0.6) is 0 Å². The Bertz CT molecular complexity index is 1010. The third kappa shape index (κ3) is 4.99. The van der Waals surface area contributed by atoms with Crippen LogP contribution < -0.4 is 5.32 Å². The molecule has 10 heteroatoms. The lowest BCUT2D eigenvalue weighted by Gasteiger charge is -2.23. The molecule has 0 radical (unpaired) electrons. The molecular weight excluding hydrogens is 435 g/mol. The number of hydrazone groups is 1. The van der Waals surface area contributed by atoms with E-state index in [1.807, 2.05) is 0 Å². The van der Waals surface area contributed by atoms with E-state index in [2.05, 4.69) is 10.4 Å². The van der Waals surface area contributed by atoms with Gasteiger partial charge in [0, 0.05) is 10.7 Å². The highest BCUT2D eigenvalue weighted by molar-refractivity contribution is 6.30. The molecule has 0 saturated heterocycles. The number of rotatable bonds is 5.